The molecule has 126 valence electrons. The van der Waals surface area contributed by atoms with Gasteiger partial charge in [-0.15, -0.1) is 0 Å². The van der Waals surface area contributed by atoms with Crippen molar-refractivity contribution in [1.29, 1.82) is 0 Å². The van der Waals surface area contributed by atoms with Crippen LogP contribution in [-0.4, -0.2) is 9.97 Å². The lowest BCUT2D eigenvalue weighted by atomic mass is 9.99. The van der Waals surface area contributed by atoms with Crippen molar-refractivity contribution in [1.82, 2.24) is 9.97 Å². The summed E-state index contributed by atoms with van der Waals surface area (Å²) in [6, 6.07) is 25.7. The lowest BCUT2D eigenvalue weighted by Crippen LogP contribution is -1.89. The second kappa shape index (κ2) is 6.93. The highest BCUT2D eigenvalue weighted by atomic mass is 14.9. The minimum Gasteiger partial charge on any atom is -0.236 e. The highest BCUT2D eigenvalue weighted by molar-refractivity contribution is 5.72. The first-order valence-corrected chi connectivity index (χ1v) is 8.76. The van der Waals surface area contributed by atoms with Gasteiger partial charge in [-0.2, -0.15) is 0 Å². The van der Waals surface area contributed by atoms with Crippen LogP contribution in [0.1, 0.15) is 11.1 Å². The first kappa shape index (κ1) is 16.2. The van der Waals surface area contributed by atoms with E-state index in [1.165, 1.54) is 27.8 Å². The molecule has 1 heterocycles. The average molecular weight is 336 g/mol. The van der Waals surface area contributed by atoms with E-state index in [1.807, 2.05) is 19.3 Å². The third-order valence-electron chi connectivity index (χ3n) is 4.53. The molecule has 0 amide bonds. The van der Waals surface area contributed by atoms with Gasteiger partial charge in [-0.1, -0.05) is 78.4 Å². The predicted octanol–water partition coefficient (Wildman–Crippen LogP) is 6.09. The number of rotatable bonds is 3. The molecule has 0 aliphatic carbocycles. The van der Waals surface area contributed by atoms with E-state index in [0.717, 1.165) is 17.0 Å². The summed E-state index contributed by atoms with van der Waals surface area (Å²) in [5, 5.41) is 0. The molecule has 0 saturated heterocycles. The van der Waals surface area contributed by atoms with Crippen LogP contribution in [-0.2, 0) is 0 Å². The molecule has 0 aliphatic heterocycles. The molecule has 4 aromatic rings. The Morgan fingerprint density at radius 3 is 1.19 bits per heavy atom. The summed E-state index contributed by atoms with van der Waals surface area (Å²) in [4.78, 5) is 8.78. The van der Waals surface area contributed by atoms with Crippen molar-refractivity contribution in [2.45, 2.75) is 13.8 Å². The molecule has 2 heteroatoms. The van der Waals surface area contributed by atoms with Crippen molar-refractivity contribution in [2.75, 3.05) is 0 Å². The van der Waals surface area contributed by atoms with Gasteiger partial charge >= 0.3 is 0 Å². The van der Waals surface area contributed by atoms with E-state index >= 15 is 0 Å². The smallest absolute Gasteiger partial charge is 0.159 e. The van der Waals surface area contributed by atoms with Gasteiger partial charge in [0.15, 0.2) is 5.82 Å². The molecule has 0 spiro atoms. The molecule has 3 aromatic carbocycles. The van der Waals surface area contributed by atoms with Crippen molar-refractivity contribution in [2.24, 2.45) is 0 Å². The Labute approximate surface area is 154 Å². The highest BCUT2D eigenvalue weighted by Gasteiger charge is 2.03. The Bertz CT molecular complexity index is 911. The predicted molar refractivity (Wildman–Crippen MR) is 108 cm³/mol. The highest BCUT2D eigenvalue weighted by Crippen LogP contribution is 2.26. The molecule has 0 bridgehead atoms. The van der Waals surface area contributed by atoms with Crippen LogP contribution in [0.15, 0.2) is 85.2 Å². The van der Waals surface area contributed by atoms with Gasteiger partial charge in [-0.3, -0.25) is 0 Å². The van der Waals surface area contributed by atoms with Crippen LogP contribution < -0.4 is 0 Å². The number of hydrogen-bond acceptors (Lipinski definition) is 2. The van der Waals surface area contributed by atoms with Crippen LogP contribution in [0, 0.1) is 13.8 Å². The molecule has 0 unspecified atom stereocenters. The zero-order valence-electron chi connectivity index (χ0n) is 15.0. The fourth-order valence-corrected chi connectivity index (χ4v) is 2.95. The maximum absolute atomic E-state index is 4.39. The van der Waals surface area contributed by atoms with Crippen molar-refractivity contribution in [3.05, 3.63) is 96.3 Å². The summed E-state index contributed by atoms with van der Waals surface area (Å²) >= 11 is 0. The largest absolute Gasteiger partial charge is 0.236 e. The third kappa shape index (κ3) is 3.40. The number of aryl methyl sites for hydroxylation is 2. The fraction of sp³-hybridized carbons (Fsp3) is 0.0833. The summed E-state index contributed by atoms with van der Waals surface area (Å²) in [5.74, 6) is 0.761. The zero-order chi connectivity index (χ0) is 17.9. The normalized spacial score (nSPS) is 10.7. The minimum absolute atomic E-state index is 0.761. The summed E-state index contributed by atoms with van der Waals surface area (Å²) in [6.45, 7) is 4.10. The second-order valence-electron chi connectivity index (χ2n) is 6.60. The molecule has 4 rings (SSSR count). The zero-order valence-corrected chi connectivity index (χ0v) is 15.0. The Morgan fingerprint density at radius 2 is 0.769 bits per heavy atom. The van der Waals surface area contributed by atoms with Gasteiger partial charge in [0.25, 0.3) is 0 Å². The summed E-state index contributed by atoms with van der Waals surface area (Å²) in [6.07, 6.45) is 3.69. The SMILES string of the molecule is Cc1ccc(-c2ccc(-c3ccc(-c4ncc(C)cn4)cc3)cc2)cc1. The molecule has 2 nitrogen and oxygen atoms in total. The molecule has 0 saturated carbocycles. The van der Waals surface area contributed by atoms with E-state index in [2.05, 4.69) is 89.7 Å². The van der Waals surface area contributed by atoms with Crippen molar-refractivity contribution < 1.29 is 0 Å². The molecule has 1 aromatic heterocycles. The number of hydrogen-bond donors (Lipinski definition) is 0. The van der Waals surface area contributed by atoms with Crippen LogP contribution in [0.2, 0.25) is 0 Å². The Kier molecular flexibility index (Phi) is 4.32. The van der Waals surface area contributed by atoms with Gasteiger partial charge in [0, 0.05) is 18.0 Å². The molecule has 26 heavy (non-hydrogen) atoms. The number of aromatic nitrogens is 2. The molecule has 0 radical (unpaired) electrons. The quantitative estimate of drug-likeness (QED) is 0.452. The van der Waals surface area contributed by atoms with E-state index < -0.39 is 0 Å². The van der Waals surface area contributed by atoms with Crippen LogP contribution >= 0.6 is 0 Å². The maximum Gasteiger partial charge on any atom is 0.159 e. The Hall–Kier alpha value is -3.26. The number of nitrogens with zero attached hydrogens (tertiary/aromatic N) is 2. The first-order valence-electron chi connectivity index (χ1n) is 8.76. The summed E-state index contributed by atoms with van der Waals surface area (Å²) in [5.41, 5.74) is 8.26. The maximum atomic E-state index is 4.39. The van der Waals surface area contributed by atoms with Gasteiger partial charge in [0.2, 0.25) is 0 Å². The molecule has 0 fully saturated rings. The Balaban J connectivity index is 1.57. The van der Waals surface area contributed by atoms with E-state index in [-0.39, 0.29) is 0 Å². The molecule has 0 N–H and O–H groups in total. The van der Waals surface area contributed by atoms with Gasteiger partial charge in [-0.05, 0) is 41.7 Å². The van der Waals surface area contributed by atoms with Gasteiger partial charge in [-0.25, -0.2) is 9.97 Å². The van der Waals surface area contributed by atoms with Crippen LogP contribution in [0.25, 0.3) is 33.6 Å². The fourth-order valence-electron chi connectivity index (χ4n) is 2.95. The van der Waals surface area contributed by atoms with Gasteiger partial charge < -0.3 is 0 Å². The van der Waals surface area contributed by atoms with Crippen LogP contribution in [0.4, 0.5) is 0 Å². The van der Waals surface area contributed by atoms with E-state index in [0.29, 0.717) is 0 Å². The van der Waals surface area contributed by atoms with Crippen LogP contribution in [0.3, 0.4) is 0 Å². The van der Waals surface area contributed by atoms with Crippen molar-refractivity contribution in [3.63, 3.8) is 0 Å². The van der Waals surface area contributed by atoms with Crippen molar-refractivity contribution in [3.8, 4) is 33.6 Å². The number of benzene rings is 3. The standard InChI is InChI=1S/C24H20N2/c1-17-3-5-19(6-4-17)20-7-9-21(10-8-20)22-11-13-23(14-12-22)24-25-15-18(2)16-26-24/h3-16H,1-2H3. The van der Waals surface area contributed by atoms with Crippen molar-refractivity contribution >= 4 is 0 Å². The van der Waals surface area contributed by atoms with Crippen LogP contribution in [0.5, 0.6) is 0 Å². The summed E-state index contributed by atoms with van der Waals surface area (Å²) in [7, 11) is 0. The second-order valence-corrected chi connectivity index (χ2v) is 6.60. The molecular formula is C24H20N2. The topological polar surface area (TPSA) is 25.8 Å². The van der Waals surface area contributed by atoms with E-state index in [1.54, 1.807) is 0 Å². The van der Waals surface area contributed by atoms with Gasteiger partial charge in [0.05, 0.1) is 0 Å². The molecule has 0 atom stereocenters. The monoisotopic (exact) mass is 336 g/mol. The van der Waals surface area contributed by atoms with E-state index in [9.17, 15) is 0 Å². The van der Waals surface area contributed by atoms with Gasteiger partial charge in [0.1, 0.15) is 0 Å². The lowest BCUT2D eigenvalue weighted by molar-refractivity contribution is 1.14. The average Bonchev–Trinajstić information content (AvgIpc) is 2.70. The third-order valence-corrected chi connectivity index (χ3v) is 4.53. The molecule has 0 aliphatic rings. The van der Waals surface area contributed by atoms with E-state index in [4.69, 9.17) is 0 Å². The summed E-state index contributed by atoms with van der Waals surface area (Å²) < 4.78 is 0. The Morgan fingerprint density at radius 1 is 0.423 bits per heavy atom. The lowest BCUT2D eigenvalue weighted by Gasteiger charge is -2.07. The minimum atomic E-state index is 0.761. The molecular weight excluding hydrogens is 316 g/mol. The first-order chi connectivity index (χ1) is 12.7.